The predicted octanol–water partition coefficient (Wildman–Crippen LogP) is 2.38. The van der Waals surface area contributed by atoms with Crippen molar-refractivity contribution in [1.29, 1.82) is 0 Å². The molecule has 2 rings (SSSR count). The minimum absolute atomic E-state index is 0.0448. The van der Waals surface area contributed by atoms with Crippen molar-refractivity contribution in [3.8, 4) is 10.6 Å². The van der Waals surface area contributed by atoms with Crippen molar-refractivity contribution in [2.24, 2.45) is 0 Å². The van der Waals surface area contributed by atoms with Gasteiger partial charge in [-0.15, -0.1) is 10.2 Å². The number of anilines is 1. The van der Waals surface area contributed by atoms with Crippen LogP contribution in [0.25, 0.3) is 10.6 Å². The van der Waals surface area contributed by atoms with Gasteiger partial charge in [-0.2, -0.15) is 0 Å². The Balaban J connectivity index is 2.20. The number of methoxy groups -OCH3 is 1. The van der Waals surface area contributed by atoms with Crippen LogP contribution in [-0.4, -0.2) is 41.3 Å². The maximum absolute atomic E-state index is 12.2. The fourth-order valence-corrected chi connectivity index (χ4v) is 2.67. The number of ether oxygens (including phenoxy) is 1. The summed E-state index contributed by atoms with van der Waals surface area (Å²) in [7, 11) is 1.61. The van der Waals surface area contributed by atoms with Gasteiger partial charge in [-0.3, -0.25) is 14.7 Å². The molecular formula is C14H18N4O2S. The number of aromatic nitrogens is 3. The second-order valence-corrected chi connectivity index (χ2v) is 5.38. The van der Waals surface area contributed by atoms with Crippen LogP contribution in [0.15, 0.2) is 24.5 Å². The molecule has 0 aliphatic carbocycles. The maximum Gasteiger partial charge on any atom is 0.228 e. The van der Waals surface area contributed by atoms with E-state index in [0.29, 0.717) is 24.7 Å². The Labute approximate surface area is 127 Å². The Morgan fingerprint density at radius 2 is 2.29 bits per heavy atom. The van der Waals surface area contributed by atoms with E-state index >= 15 is 0 Å². The normalized spacial score (nSPS) is 10.6. The highest BCUT2D eigenvalue weighted by atomic mass is 32.1. The van der Waals surface area contributed by atoms with Gasteiger partial charge in [-0.1, -0.05) is 18.3 Å². The van der Waals surface area contributed by atoms with E-state index in [0.717, 1.165) is 17.0 Å². The van der Waals surface area contributed by atoms with Crippen LogP contribution in [0.5, 0.6) is 0 Å². The van der Waals surface area contributed by atoms with E-state index in [-0.39, 0.29) is 5.91 Å². The second kappa shape index (κ2) is 7.80. The van der Waals surface area contributed by atoms with E-state index < -0.39 is 0 Å². The van der Waals surface area contributed by atoms with Crippen LogP contribution in [0.1, 0.15) is 19.8 Å². The molecule has 0 N–H and O–H groups in total. The largest absolute Gasteiger partial charge is 0.383 e. The van der Waals surface area contributed by atoms with Crippen molar-refractivity contribution >= 4 is 22.4 Å². The third-order valence-corrected chi connectivity index (χ3v) is 3.83. The molecule has 7 heteroatoms. The van der Waals surface area contributed by atoms with Gasteiger partial charge in [0.1, 0.15) is 0 Å². The quantitative estimate of drug-likeness (QED) is 0.785. The van der Waals surface area contributed by atoms with Crippen LogP contribution in [0.2, 0.25) is 0 Å². The van der Waals surface area contributed by atoms with Crippen LogP contribution >= 0.6 is 11.3 Å². The van der Waals surface area contributed by atoms with Crippen molar-refractivity contribution in [1.82, 2.24) is 15.2 Å². The molecule has 0 saturated carbocycles. The Morgan fingerprint density at radius 1 is 1.43 bits per heavy atom. The first kappa shape index (κ1) is 15.5. The van der Waals surface area contributed by atoms with Gasteiger partial charge in [0.15, 0.2) is 5.01 Å². The molecule has 0 aliphatic rings. The van der Waals surface area contributed by atoms with Gasteiger partial charge in [-0.25, -0.2) is 0 Å². The smallest absolute Gasteiger partial charge is 0.228 e. The van der Waals surface area contributed by atoms with Crippen molar-refractivity contribution in [2.75, 3.05) is 25.2 Å². The molecular weight excluding hydrogens is 288 g/mol. The molecule has 0 radical (unpaired) electrons. The number of rotatable bonds is 7. The van der Waals surface area contributed by atoms with E-state index in [4.69, 9.17) is 4.74 Å². The van der Waals surface area contributed by atoms with Crippen LogP contribution in [0.4, 0.5) is 5.13 Å². The summed E-state index contributed by atoms with van der Waals surface area (Å²) in [4.78, 5) is 17.9. The van der Waals surface area contributed by atoms with Gasteiger partial charge < -0.3 is 4.74 Å². The lowest BCUT2D eigenvalue weighted by atomic mass is 10.3. The van der Waals surface area contributed by atoms with Gasteiger partial charge >= 0.3 is 0 Å². The number of hydrogen-bond donors (Lipinski definition) is 0. The summed E-state index contributed by atoms with van der Waals surface area (Å²) in [5.74, 6) is 0.0448. The first-order valence-corrected chi connectivity index (χ1v) is 7.61. The number of nitrogens with zero attached hydrogens (tertiary/aromatic N) is 4. The maximum atomic E-state index is 12.2. The summed E-state index contributed by atoms with van der Waals surface area (Å²) in [6.45, 7) is 2.93. The van der Waals surface area contributed by atoms with Crippen molar-refractivity contribution in [3.63, 3.8) is 0 Å². The first-order valence-electron chi connectivity index (χ1n) is 6.79. The third-order valence-electron chi connectivity index (χ3n) is 2.84. The highest BCUT2D eigenvalue weighted by molar-refractivity contribution is 7.18. The summed E-state index contributed by atoms with van der Waals surface area (Å²) >= 11 is 1.39. The Kier molecular flexibility index (Phi) is 5.77. The summed E-state index contributed by atoms with van der Waals surface area (Å²) in [6, 6.07) is 3.77. The minimum Gasteiger partial charge on any atom is -0.383 e. The molecule has 112 valence electrons. The Bertz CT molecular complexity index is 573. The molecule has 0 aliphatic heterocycles. The van der Waals surface area contributed by atoms with Crippen LogP contribution in [-0.2, 0) is 9.53 Å². The molecule has 0 spiro atoms. The summed E-state index contributed by atoms with van der Waals surface area (Å²) in [5.41, 5.74) is 0.899. The van der Waals surface area contributed by atoms with E-state index in [1.54, 1.807) is 24.4 Å². The van der Waals surface area contributed by atoms with Crippen LogP contribution < -0.4 is 4.90 Å². The first-order chi connectivity index (χ1) is 10.3. The molecule has 2 heterocycles. The van der Waals surface area contributed by atoms with E-state index in [1.165, 1.54) is 11.3 Å². The molecule has 0 bridgehead atoms. The number of carbonyl (C=O) groups excluding carboxylic acids is 1. The van der Waals surface area contributed by atoms with Crippen molar-refractivity contribution in [2.45, 2.75) is 19.8 Å². The zero-order valence-electron chi connectivity index (χ0n) is 12.2. The molecule has 0 saturated heterocycles. The van der Waals surface area contributed by atoms with Gasteiger partial charge in [0.2, 0.25) is 11.0 Å². The van der Waals surface area contributed by atoms with Crippen LogP contribution in [0, 0.1) is 0 Å². The lowest BCUT2D eigenvalue weighted by Gasteiger charge is -2.18. The molecule has 21 heavy (non-hydrogen) atoms. The number of amides is 1. The predicted molar refractivity (Wildman–Crippen MR) is 82.3 cm³/mol. The van der Waals surface area contributed by atoms with E-state index in [1.807, 2.05) is 19.1 Å². The van der Waals surface area contributed by atoms with Gasteiger partial charge in [-0.05, 0) is 18.6 Å². The van der Waals surface area contributed by atoms with Crippen molar-refractivity contribution in [3.05, 3.63) is 24.5 Å². The average molecular weight is 306 g/mol. The van der Waals surface area contributed by atoms with Gasteiger partial charge in [0.25, 0.3) is 0 Å². The fourth-order valence-electron chi connectivity index (χ4n) is 1.79. The van der Waals surface area contributed by atoms with Crippen molar-refractivity contribution < 1.29 is 9.53 Å². The highest BCUT2D eigenvalue weighted by Crippen LogP contribution is 2.28. The van der Waals surface area contributed by atoms with E-state index in [2.05, 4.69) is 15.2 Å². The van der Waals surface area contributed by atoms with Gasteiger partial charge in [0, 0.05) is 31.5 Å². The second-order valence-electron chi connectivity index (χ2n) is 4.42. The average Bonchev–Trinajstić information content (AvgIpc) is 2.98. The SMILES string of the molecule is CCCC(=O)N(CCOC)c1nnc(-c2cccnc2)s1. The molecule has 0 aromatic carbocycles. The number of pyridine rings is 1. The standard InChI is InChI=1S/C14H18N4O2S/c1-3-5-12(19)18(8-9-20-2)14-17-16-13(21-14)11-6-4-7-15-10-11/h4,6-7,10H,3,5,8-9H2,1-2H3. The molecule has 0 atom stereocenters. The molecule has 0 unspecified atom stereocenters. The van der Waals surface area contributed by atoms with Crippen LogP contribution in [0.3, 0.4) is 0 Å². The lowest BCUT2D eigenvalue weighted by molar-refractivity contribution is -0.118. The molecule has 6 nitrogen and oxygen atoms in total. The molecule has 1 amide bonds. The molecule has 2 aromatic rings. The highest BCUT2D eigenvalue weighted by Gasteiger charge is 2.19. The minimum atomic E-state index is 0.0448. The zero-order chi connectivity index (χ0) is 15.1. The summed E-state index contributed by atoms with van der Waals surface area (Å²) in [5, 5.41) is 9.65. The zero-order valence-corrected chi connectivity index (χ0v) is 13.0. The third kappa shape index (κ3) is 4.05. The summed E-state index contributed by atoms with van der Waals surface area (Å²) < 4.78 is 5.07. The number of hydrogen-bond acceptors (Lipinski definition) is 6. The topological polar surface area (TPSA) is 68.2 Å². The van der Waals surface area contributed by atoms with Gasteiger partial charge in [0.05, 0.1) is 13.2 Å². The lowest BCUT2D eigenvalue weighted by Crippen LogP contribution is -2.33. The fraction of sp³-hybridized carbons (Fsp3) is 0.429. The monoisotopic (exact) mass is 306 g/mol. The number of carbonyl (C=O) groups is 1. The molecule has 0 fully saturated rings. The Hall–Kier alpha value is -1.86. The Morgan fingerprint density at radius 3 is 2.95 bits per heavy atom. The van der Waals surface area contributed by atoms with E-state index in [9.17, 15) is 4.79 Å². The molecule has 2 aromatic heterocycles. The summed E-state index contributed by atoms with van der Waals surface area (Å²) in [6.07, 6.45) is 4.74.